The highest BCUT2D eigenvalue weighted by Gasteiger charge is 2.29. The van der Waals surface area contributed by atoms with Crippen LogP contribution >= 0.6 is 0 Å². The van der Waals surface area contributed by atoms with Crippen molar-refractivity contribution in [2.45, 2.75) is 25.3 Å². The van der Waals surface area contributed by atoms with Gasteiger partial charge in [-0.1, -0.05) is 13.3 Å². The number of hydrogen-bond donors (Lipinski definition) is 3. The van der Waals surface area contributed by atoms with Gasteiger partial charge in [-0.05, 0) is 6.42 Å². The molecule has 1 amide bonds. The molecule has 0 aromatic heterocycles. The minimum atomic E-state index is -0.957. The summed E-state index contributed by atoms with van der Waals surface area (Å²) in [6, 6.07) is 0. The Morgan fingerprint density at radius 1 is 1.46 bits per heavy atom. The van der Waals surface area contributed by atoms with Gasteiger partial charge in [0.15, 0.2) is 0 Å². The minimum Gasteiger partial charge on any atom is -0.453 e. The lowest BCUT2D eigenvalue weighted by Gasteiger charge is -2.29. The third-order valence-corrected chi connectivity index (χ3v) is 1.89. The molecule has 0 bridgehead atoms. The minimum absolute atomic E-state index is 0.299. The van der Waals surface area contributed by atoms with Crippen LogP contribution in [0.2, 0.25) is 0 Å². The summed E-state index contributed by atoms with van der Waals surface area (Å²) in [5.41, 5.74) is -0.957. The van der Waals surface area contributed by atoms with Gasteiger partial charge in [0.05, 0.1) is 25.9 Å². The average molecular weight is 191 g/mol. The fourth-order valence-electron chi connectivity index (χ4n) is 1.10. The molecule has 5 heteroatoms. The van der Waals surface area contributed by atoms with E-state index in [0.29, 0.717) is 6.42 Å². The predicted molar refractivity (Wildman–Crippen MR) is 47.4 cm³/mol. The molecule has 0 aliphatic carbocycles. The van der Waals surface area contributed by atoms with E-state index in [9.17, 15) is 4.79 Å². The largest absolute Gasteiger partial charge is 0.453 e. The number of aliphatic hydroxyl groups is 2. The van der Waals surface area contributed by atoms with Gasteiger partial charge in [-0.15, -0.1) is 0 Å². The molecule has 78 valence electrons. The maximum absolute atomic E-state index is 10.9. The summed E-state index contributed by atoms with van der Waals surface area (Å²) in [5.74, 6) is 0. The summed E-state index contributed by atoms with van der Waals surface area (Å²) < 4.78 is 4.38. The van der Waals surface area contributed by atoms with E-state index in [-0.39, 0.29) is 13.2 Å². The van der Waals surface area contributed by atoms with E-state index in [1.807, 2.05) is 6.92 Å². The predicted octanol–water partition coefficient (Wildman–Crippen LogP) is -0.134. The molecular weight excluding hydrogens is 174 g/mol. The maximum Gasteiger partial charge on any atom is 0.407 e. The van der Waals surface area contributed by atoms with Crippen molar-refractivity contribution in [3.05, 3.63) is 0 Å². The first-order valence-corrected chi connectivity index (χ1v) is 4.22. The molecule has 13 heavy (non-hydrogen) atoms. The zero-order valence-corrected chi connectivity index (χ0v) is 8.04. The summed E-state index contributed by atoms with van der Waals surface area (Å²) in [4.78, 5) is 10.9. The van der Waals surface area contributed by atoms with E-state index < -0.39 is 11.6 Å². The Kier molecular flexibility index (Phi) is 5.41. The zero-order chi connectivity index (χ0) is 10.3. The van der Waals surface area contributed by atoms with Crippen molar-refractivity contribution in [3.8, 4) is 0 Å². The van der Waals surface area contributed by atoms with Crippen LogP contribution in [-0.4, -0.2) is 42.2 Å². The molecule has 0 atom stereocenters. The lowest BCUT2D eigenvalue weighted by Crippen LogP contribution is -2.54. The van der Waals surface area contributed by atoms with Crippen LogP contribution in [0, 0.1) is 0 Å². The van der Waals surface area contributed by atoms with Crippen molar-refractivity contribution in [1.29, 1.82) is 0 Å². The van der Waals surface area contributed by atoms with Crippen LogP contribution in [0.1, 0.15) is 19.8 Å². The Morgan fingerprint density at radius 3 is 2.31 bits per heavy atom. The average Bonchev–Trinajstić information content (AvgIpc) is 2.17. The summed E-state index contributed by atoms with van der Waals surface area (Å²) in [7, 11) is 1.24. The number of nitrogens with one attached hydrogen (secondary N) is 1. The summed E-state index contributed by atoms with van der Waals surface area (Å²) in [5, 5.41) is 20.5. The number of carbonyl (C=O) groups excluding carboxylic acids is 1. The van der Waals surface area contributed by atoms with E-state index in [2.05, 4.69) is 10.1 Å². The number of methoxy groups -OCH3 is 1. The first-order chi connectivity index (χ1) is 6.14. The van der Waals surface area contributed by atoms with E-state index in [0.717, 1.165) is 6.42 Å². The number of rotatable bonds is 5. The Balaban J connectivity index is 4.28. The van der Waals surface area contributed by atoms with E-state index in [1.165, 1.54) is 7.11 Å². The fourth-order valence-corrected chi connectivity index (χ4v) is 1.10. The third kappa shape index (κ3) is 3.61. The van der Waals surface area contributed by atoms with Crippen LogP contribution in [0.25, 0.3) is 0 Å². The van der Waals surface area contributed by atoms with Crippen molar-refractivity contribution in [3.63, 3.8) is 0 Å². The zero-order valence-electron chi connectivity index (χ0n) is 8.04. The second-order valence-corrected chi connectivity index (χ2v) is 2.96. The first-order valence-electron chi connectivity index (χ1n) is 4.22. The molecule has 0 radical (unpaired) electrons. The number of alkyl carbamates (subject to hydrolysis) is 1. The normalized spacial score (nSPS) is 11.1. The van der Waals surface area contributed by atoms with Crippen LogP contribution in [-0.2, 0) is 4.74 Å². The molecule has 0 aliphatic rings. The highest BCUT2D eigenvalue weighted by Crippen LogP contribution is 2.11. The summed E-state index contributed by atoms with van der Waals surface area (Å²) in [6.07, 6.45) is 0.622. The SMILES string of the molecule is CCCC(CO)(CO)NC(=O)OC. The van der Waals surface area contributed by atoms with Crippen LogP contribution in [0.3, 0.4) is 0 Å². The molecular formula is C8H17NO4. The van der Waals surface area contributed by atoms with Crippen molar-refractivity contribution < 1.29 is 19.7 Å². The fraction of sp³-hybridized carbons (Fsp3) is 0.875. The molecule has 0 rings (SSSR count). The number of amides is 1. The highest BCUT2D eigenvalue weighted by molar-refractivity contribution is 5.68. The molecule has 0 fully saturated rings. The molecule has 0 aromatic rings. The smallest absolute Gasteiger partial charge is 0.407 e. The molecule has 0 aromatic carbocycles. The quantitative estimate of drug-likeness (QED) is 0.565. The lowest BCUT2D eigenvalue weighted by molar-refractivity contribution is 0.0751. The van der Waals surface area contributed by atoms with Gasteiger partial charge in [0.1, 0.15) is 0 Å². The third-order valence-electron chi connectivity index (χ3n) is 1.89. The van der Waals surface area contributed by atoms with Crippen LogP contribution < -0.4 is 5.32 Å². The summed E-state index contributed by atoms with van der Waals surface area (Å²) >= 11 is 0. The monoisotopic (exact) mass is 191 g/mol. The van der Waals surface area contributed by atoms with Crippen LogP contribution in [0.15, 0.2) is 0 Å². The molecule has 0 aliphatic heterocycles. The van der Waals surface area contributed by atoms with E-state index in [1.54, 1.807) is 0 Å². The van der Waals surface area contributed by atoms with Gasteiger partial charge in [-0.2, -0.15) is 0 Å². The van der Waals surface area contributed by atoms with Crippen LogP contribution in [0.5, 0.6) is 0 Å². The maximum atomic E-state index is 10.9. The molecule has 0 saturated heterocycles. The molecule has 3 N–H and O–H groups in total. The van der Waals surface area contributed by atoms with Crippen molar-refractivity contribution >= 4 is 6.09 Å². The molecule has 0 heterocycles. The van der Waals surface area contributed by atoms with Gasteiger partial charge in [-0.3, -0.25) is 0 Å². The van der Waals surface area contributed by atoms with Gasteiger partial charge in [0, 0.05) is 0 Å². The topological polar surface area (TPSA) is 78.8 Å². The molecule has 0 spiro atoms. The second kappa shape index (κ2) is 5.77. The van der Waals surface area contributed by atoms with E-state index >= 15 is 0 Å². The lowest BCUT2D eigenvalue weighted by atomic mass is 9.96. The van der Waals surface area contributed by atoms with Crippen molar-refractivity contribution in [2.24, 2.45) is 0 Å². The van der Waals surface area contributed by atoms with Crippen LogP contribution in [0.4, 0.5) is 4.79 Å². The Morgan fingerprint density at radius 2 is 2.00 bits per heavy atom. The van der Waals surface area contributed by atoms with Gasteiger partial charge in [0.25, 0.3) is 0 Å². The number of hydrogen-bond acceptors (Lipinski definition) is 4. The summed E-state index contributed by atoms with van der Waals surface area (Å²) in [6.45, 7) is 1.30. The standard InChI is InChI=1S/C8H17NO4/c1-3-4-8(5-10,6-11)9-7(12)13-2/h10-11H,3-6H2,1-2H3,(H,9,12). The number of carbonyl (C=O) groups is 1. The van der Waals surface area contributed by atoms with Gasteiger partial charge < -0.3 is 20.3 Å². The van der Waals surface area contributed by atoms with Crippen molar-refractivity contribution in [1.82, 2.24) is 5.32 Å². The first kappa shape index (κ1) is 12.2. The molecule has 5 nitrogen and oxygen atoms in total. The molecule has 0 saturated carbocycles. The van der Waals surface area contributed by atoms with Gasteiger partial charge in [0.2, 0.25) is 0 Å². The Labute approximate surface area is 77.7 Å². The Bertz CT molecular complexity index is 156. The number of aliphatic hydroxyl groups excluding tert-OH is 2. The number of ether oxygens (including phenoxy) is 1. The van der Waals surface area contributed by atoms with Gasteiger partial charge >= 0.3 is 6.09 Å². The second-order valence-electron chi connectivity index (χ2n) is 2.96. The Hall–Kier alpha value is -0.810. The highest BCUT2D eigenvalue weighted by atomic mass is 16.5. The van der Waals surface area contributed by atoms with Crippen molar-refractivity contribution in [2.75, 3.05) is 20.3 Å². The van der Waals surface area contributed by atoms with Gasteiger partial charge in [-0.25, -0.2) is 4.79 Å². The molecule has 0 unspecified atom stereocenters. The van der Waals surface area contributed by atoms with E-state index in [4.69, 9.17) is 10.2 Å².